The number of carbonyl (C=O) groups excluding carboxylic acids is 1. The molecule has 0 aromatic heterocycles. The number of amides is 1. The topological polar surface area (TPSA) is 32.3 Å². The van der Waals surface area contributed by atoms with E-state index in [9.17, 15) is 4.79 Å². The van der Waals surface area contributed by atoms with Crippen molar-refractivity contribution in [3.8, 4) is 0 Å². The van der Waals surface area contributed by atoms with E-state index < -0.39 is 0 Å². The highest BCUT2D eigenvalue weighted by Gasteiger charge is 2.22. The summed E-state index contributed by atoms with van der Waals surface area (Å²) < 4.78 is 0.955. The van der Waals surface area contributed by atoms with Crippen LogP contribution >= 0.6 is 15.9 Å². The van der Waals surface area contributed by atoms with E-state index in [4.69, 9.17) is 0 Å². The van der Waals surface area contributed by atoms with Gasteiger partial charge in [0, 0.05) is 30.7 Å². The highest BCUT2D eigenvalue weighted by atomic mass is 79.9. The molecule has 19 heavy (non-hydrogen) atoms. The summed E-state index contributed by atoms with van der Waals surface area (Å²) in [6.07, 6.45) is 4.78. The quantitative estimate of drug-likeness (QED) is 0.861. The lowest BCUT2D eigenvalue weighted by Gasteiger charge is -2.28. The molecule has 0 saturated carbocycles. The number of benzene rings is 1. The van der Waals surface area contributed by atoms with E-state index in [-0.39, 0.29) is 5.91 Å². The number of hydrogen-bond acceptors (Lipinski definition) is 2. The third kappa shape index (κ3) is 2.70. The maximum absolute atomic E-state index is 12.6. The maximum atomic E-state index is 12.6. The largest absolute Gasteiger partial charge is 0.336 e. The van der Waals surface area contributed by atoms with Gasteiger partial charge in [0.1, 0.15) is 0 Å². The van der Waals surface area contributed by atoms with Crippen molar-refractivity contribution in [2.75, 3.05) is 26.2 Å². The predicted molar refractivity (Wildman–Crippen MR) is 79.6 cm³/mol. The monoisotopic (exact) mass is 322 g/mol. The molecule has 4 heteroatoms. The fraction of sp³-hybridized carbons (Fsp3) is 0.533. The molecule has 3 rings (SSSR count). The van der Waals surface area contributed by atoms with Crippen molar-refractivity contribution in [2.24, 2.45) is 0 Å². The third-order valence-electron chi connectivity index (χ3n) is 4.07. The lowest BCUT2D eigenvalue weighted by molar-refractivity contribution is 0.0734. The van der Waals surface area contributed by atoms with E-state index in [2.05, 4.69) is 33.4 Å². The molecule has 1 aliphatic carbocycles. The summed E-state index contributed by atoms with van der Waals surface area (Å²) in [5, 5.41) is 3.28. The van der Waals surface area contributed by atoms with Gasteiger partial charge >= 0.3 is 0 Å². The lowest BCUT2D eigenvalue weighted by atomic mass is 9.90. The minimum atomic E-state index is 0.168. The Balaban J connectivity index is 1.89. The number of rotatable bonds is 1. The van der Waals surface area contributed by atoms with Crippen molar-refractivity contribution in [3.63, 3.8) is 0 Å². The van der Waals surface area contributed by atoms with Crippen LogP contribution in [0, 0.1) is 0 Å². The molecule has 0 bridgehead atoms. The molecule has 1 saturated heterocycles. The molecule has 1 N–H and O–H groups in total. The molecule has 1 aromatic rings. The minimum absolute atomic E-state index is 0.168. The van der Waals surface area contributed by atoms with Crippen LogP contribution in [-0.4, -0.2) is 37.0 Å². The normalized spacial score (nSPS) is 19.1. The van der Waals surface area contributed by atoms with E-state index in [1.54, 1.807) is 0 Å². The van der Waals surface area contributed by atoms with Gasteiger partial charge in [-0.25, -0.2) is 0 Å². The van der Waals surface area contributed by atoms with Crippen LogP contribution in [0.25, 0.3) is 0 Å². The predicted octanol–water partition coefficient (Wildman–Crippen LogP) is 2.37. The molecular formula is C15H19BrN2O. The summed E-state index contributed by atoms with van der Waals surface area (Å²) in [5.41, 5.74) is 3.62. The average Bonchev–Trinajstić information content (AvgIpc) is 2.47. The van der Waals surface area contributed by atoms with Gasteiger partial charge in [-0.15, -0.1) is 0 Å². The van der Waals surface area contributed by atoms with E-state index in [1.165, 1.54) is 24.0 Å². The Hall–Kier alpha value is -0.870. The zero-order chi connectivity index (χ0) is 13.2. The summed E-state index contributed by atoms with van der Waals surface area (Å²) >= 11 is 3.58. The Morgan fingerprint density at radius 2 is 1.74 bits per heavy atom. The minimum Gasteiger partial charge on any atom is -0.336 e. The van der Waals surface area contributed by atoms with E-state index in [0.29, 0.717) is 0 Å². The second-order valence-electron chi connectivity index (χ2n) is 5.35. The fourth-order valence-corrected chi connectivity index (χ4v) is 3.52. The number of nitrogens with one attached hydrogen (secondary N) is 1. The zero-order valence-corrected chi connectivity index (χ0v) is 12.6. The number of halogens is 1. The zero-order valence-electron chi connectivity index (χ0n) is 11.0. The fourth-order valence-electron chi connectivity index (χ4n) is 2.96. The first-order valence-corrected chi connectivity index (χ1v) is 7.86. The molecule has 0 radical (unpaired) electrons. The summed E-state index contributed by atoms with van der Waals surface area (Å²) in [6.45, 7) is 3.41. The molecular weight excluding hydrogens is 304 g/mol. The van der Waals surface area contributed by atoms with Crippen molar-refractivity contribution < 1.29 is 4.79 Å². The molecule has 0 unspecified atom stereocenters. The Bertz CT molecular complexity index is 495. The van der Waals surface area contributed by atoms with Crippen LogP contribution in [0.2, 0.25) is 0 Å². The molecule has 3 nitrogen and oxygen atoms in total. The first-order chi connectivity index (χ1) is 9.25. The standard InChI is InChI=1S/C15H19BrN2O/c16-14-10-12-4-2-1-3-11(12)9-13(14)15(19)18-7-5-17-6-8-18/h9-10,17H,1-8H2. The first-order valence-electron chi connectivity index (χ1n) is 7.07. The summed E-state index contributed by atoms with van der Waals surface area (Å²) in [4.78, 5) is 14.5. The van der Waals surface area contributed by atoms with Crippen LogP contribution in [-0.2, 0) is 12.8 Å². The van der Waals surface area contributed by atoms with Crippen LogP contribution in [0.3, 0.4) is 0 Å². The summed E-state index contributed by atoms with van der Waals surface area (Å²) in [5.74, 6) is 0.168. The SMILES string of the molecule is O=C(c1cc2c(cc1Br)CCCC2)N1CCNCC1. The molecule has 0 atom stereocenters. The number of carbonyl (C=O) groups is 1. The number of fused-ring (bicyclic) bond motifs is 1. The Labute approximate surface area is 122 Å². The van der Waals surface area contributed by atoms with Gasteiger partial charge in [-0.1, -0.05) is 0 Å². The second kappa shape index (κ2) is 5.63. The molecule has 102 valence electrons. The lowest BCUT2D eigenvalue weighted by Crippen LogP contribution is -2.46. The smallest absolute Gasteiger partial charge is 0.255 e. The van der Waals surface area contributed by atoms with Gasteiger partial charge in [-0.05, 0) is 64.9 Å². The van der Waals surface area contributed by atoms with Crippen molar-refractivity contribution >= 4 is 21.8 Å². The summed E-state index contributed by atoms with van der Waals surface area (Å²) in [7, 11) is 0. The van der Waals surface area contributed by atoms with Gasteiger partial charge in [0.05, 0.1) is 5.56 Å². The van der Waals surface area contributed by atoms with Gasteiger partial charge in [-0.3, -0.25) is 4.79 Å². The number of nitrogens with zero attached hydrogens (tertiary/aromatic N) is 1. The first kappa shape index (κ1) is 13.1. The van der Waals surface area contributed by atoms with Gasteiger partial charge < -0.3 is 10.2 Å². The van der Waals surface area contributed by atoms with E-state index >= 15 is 0 Å². The highest BCUT2D eigenvalue weighted by Crippen LogP contribution is 2.28. The number of hydrogen-bond donors (Lipinski definition) is 1. The Morgan fingerprint density at radius 3 is 2.42 bits per heavy atom. The molecule has 1 aromatic carbocycles. The van der Waals surface area contributed by atoms with Crippen molar-refractivity contribution in [2.45, 2.75) is 25.7 Å². The van der Waals surface area contributed by atoms with Gasteiger partial charge in [0.2, 0.25) is 0 Å². The Morgan fingerprint density at radius 1 is 1.11 bits per heavy atom. The molecule has 1 aliphatic heterocycles. The van der Waals surface area contributed by atoms with Crippen molar-refractivity contribution in [1.82, 2.24) is 10.2 Å². The van der Waals surface area contributed by atoms with Gasteiger partial charge in [0.25, 0.3) is 5.91 Å². The van der Waals surface area contributed by atoms with Crippen molar-refractivity contribution in [1.29, 1.82) is 0 Å². The van der Waals surface area contributed by atoms with Crippen LogP contribution < -0.4 is 5.32 Å². The molecule has 0 spiro atoms. The van der Waals surface area contributed by atoms with Gasteiger partial charge in [0.15, 0.2) is 0 Å². The van der Waals surface area contributed by atoms with Crippen LogP contribution in [0.1, 0.15) is 34.3 Å². The summed E-state index contributed by atoms with van der Waals surface area (Å²) in [6, 6.07) is 4.27. The van der Waals surface area contributed by atoms with Crippen LogP contribution in [0.15, 0.2) is 16.6 Å². The molecule has 1 heterocycles. The molecule has 1 amide bonds. The van der Waals surface area contributed by atoms with E-state index in [0.717, 1.165) is 49.1 Å². The Kier molecular flexibility index (Phi) is 3.89. The second-order valence-corrected chi connectivity index (χ2v) is 6.20. The number of piperazine rings is 1. The maximum Gasteiger partial charge on any atom is 0.255 e. The van der Waals surface area contributed by atoms with Gasteiger partial charge in [-0.2, -0.15) is 0 Å². The average molecular weight is 323 g/mol. The van der Waals surface area contributed by atoms with Crippen LogP contribution in [0.4, 0.5) is 0 Å². The molecule has 2 aliphatic rings. The molecule has 1 fully saturated rings. The number of aryl methyl sites for hydroxylation is 2. The van der Waals surface area contributed by atoms with E-state index in [1.807, 2.05) is 4.90 Å². The van der Waals surface area contributed by atoms with Crippen LogP contribution in [0.5, 0.6) is 0 Å². The third-order valence-corrected chi connectivity index (χ3v) is 4.72. The highest BCUT2D eigenvalue weighted by molar-refractivity contribution is 9.10. The van der Waals surface area contributed by atoms with Crippen molar-refractivity contribution in [3.05, 3.63) is 33.3 Å².